The third-order valence-electron chi connectivity index (χ3n) is 7.44. The minimum absolute atomic E-state index is 0.0512. The molecule has 39 heavy (non-hydrogen) atoms. The van der Waals surface area contributed by atoms with E-state index in [-0.39, 0.29) is 11.9 Å². The summed E-state index contributed by atoms with van der Waals surface area (Å²) in [5.74, 6) is 2.02. The Bertz CT molecular complexity index is 1780. The van der Waals surface area contributed by atoms with Crippen LogP contribution in [-0.2, 0) is 18.4 Å². The topological polar surface area (TPSA) is 103 Å². The summed E-state index contributed by atoms with van der Waals surface area (Å²) >= 11 is 0. The maximum absolute atomic E-state index is 11.9. The van der Waals surface area contributed by atoms with Crippen LogP contribution in [0.15, 0.2) is 67.8 Å². The zero-order chi connectivity index (χ0) is 26.7. The Balaban J connectivity index is 1.31. The first kappa shape index (κ1) is 23.2. The Morgan fingerprint density at radius 2 is 2.08 bits per heavy atom. The van der Waals surface area contributed by atoms with E-state index < -0.39 is 0 Å². The lowest BCUT2D eigenvalue weighted by Gasteiger charge is -2.38. The van der Waals surface area contributed by atoms with E-state index in [1.54, 1.807) is 11.2 Å². The second-order valence-corrected chi connectivity index (χ2v) is 9.91. The molecule has 0 atom stereocenters. The van der Waals surface area contributed by atoms with Crippen molar-refractivity contribution in [2.75, 3.05) is 18.4 Å². The number of nitrogens with one attached hydrogen (secondary N) is 1. The van der Waals surface area contributed by atoms with Crippen molar-refractivity contribution in [1.82, 2.24) is 34.2 Å². The molecule has 10 nitrogen and oxygen atoms in total. The summed E-state index contributed by atoms with van der Waals surface area (Å²) < 4.78 is 10.1. The summed E-state index contributed by atoms with van der Waals surface area (Å²) in [4.78, 5) is 27.3. The van der Waals surface area contributed by atoms with Gasteiger partial charge in [0.25, 0.3) is 0 Å². The molecule has 4 aromatic heterocycles. The van der Waals surface area contributed by atoms with E-state index in [4.69, 9.17) is 4.74 Å². The molecule has 1 amide bonds. The minimum atomic E-state index is -0.0512. The lowest BCUT2D eigenvalue weighted by Crippen LogP contribution is -2.50. The maximum Gasteiger partial charge on any atom is 0.246 e. The largest absolute Gasteiger partial charge is 0.439 e. The summed E-state index contributed by atoms with van der Waals surface area (Å²) in [6, 6.07) is 12.0. The predicted molar refractivity (Wildman–Crippen MR) is 147 cm³/mol. The lowest BCUT2D eigenvalue weighted by atomic mass is 9.96. The quantitative estimate of drug-likeness (QED) is 0.342. The smallest absolute Gasteiger partial charge is 0.246 e. The number of hydrogen-bond acceptors (Lipinski definition) is 7. The Kier molecular flexibility index (Phi) is 5.22. The van der Waals surface area contributed by atoms with E-state index in [0.29, 0.717) is 25.5 Å². The van der Waals surface area contributed by atoms with Crippen LogP contribution in [0.25, 0.3) is 33.4 Å². The number of carbonyl (C=O) groups is 1. The number of hydrogen-bond donors (Lipinski definition) is 1. The number of aryl methyl sites for hydroxylation is 2. The molecule has 2 aliphatic rings. The summed E-state index contributed by atoms with van der Waals surface area (Å²) in [5, 5.41) is 9.14. The van der Waals surface area contributed by atoms with E-state index in [1.807, 2.05) is 49.1 Å². The molecule has 1 N–H and O–H groups in total. The highest BCUT2D eigenvalue weighted by molar-refractivity contribution is 6.09. The number of likely N-dealkylation sites (tertiary alicyclic amines) is 1. The van der Waals surface area contributed by atoms with E-state index in [9.17, 15) is 4.79 Å². The highest BCUT2D eigenvalue weighted by atomic mass is 16.5. The van der Waals surface area contributed by atoms with Crippen molar-refractivity contribution in [3.63, 3.8) is 0 Å². The number of ether oxygens (including phenoxy) is 1. The van der Waals surface area contributed by atoms with E-state index in [2.05, 4.69) is 54.8 Å². The first-order valence-corrected chi connectivity index (χ1v) is 12.8. The van der Waals surface area contributed by atoms with Crippen LogP contribution in [0.3, 0.4) is 0 Å². The average molecular weight is 519 g/mol. The fourth-order valence-corrected chi connectivity index (χ4v) is 5.48. The fourth-order valence-electron chi connectivity index (χ4n) is 5.48. The van der Waals surface area contributed by atoms with Gasteiger partial charge in [0.1, 0.15) is 23.5 Å². The monoisotopic (exact) mass is 518 g/mol. The van der Waals surface area contributed by atoms with Crippen LogP contribution in [0.2, 0.25) is 0 Å². The van der Waals surface area contributed by atoms with Crippen LogP contribution in [0, 0.1) is 6.92 Å². The maximum atomic E-state index is 11.9. The van der Waals surface area contributed by atoms with Crippen molar-refractivity contribution in [2.24, 2.45) is 7.05 Å². The van der Waals surface area contributed by atoms with Gasteiger partial charge in [-0.25, -0.2) is 15.0 Å². The SMILES string of the molecule is C=CC(=O)N1CC(n2cc(-c3c4c5c(ncnc5n3C)NCc3cc(Oc5cccc(C)n5)ccc3-4)cn2)C1. The molecule has 0 aliphatic carbocycles. The Morgan fingerprint density at radius 1 is 1.21 bits per heavy atom. The molecule has 0 saturated carbocycles. The molecule has 194 valence electrons. The number of amides is 1. The third-order valence-corrected chi connectivity index (χ3v) is 7.44. The van der Waals surface area contributed by atoms with Crippen LogP contribution in [0.4, 0.5) is 5.82 Å². The minimum Gasteiger partial charge on any atom is -0.439 e. The standard InChI is InChI=1S/C29H26N8O2/c1-4-24(38)36-14-20(15-36)37-13-19(12-33-37)27-25-22-9-8-21(39-23-7-5-6-17(2)34-23)10-18(22)11-30-28-26(25)29(35(27)3)32-16-31-28/h4-10,12-13,16,20H,1,11,14-15H2,2-3H3,(H,30,31,32). The Morgan fingerprint density at radius 3 is 2.90 bits per heavy atom. The molecular weight excluding hydrogens is 492 g/mol. The number of rotatable bonds is 5. The first-order chi connectivity index (χ1) is 19.0. The van der Waals surface area contributed by atoms with Gasteiger partial charge in [-0.15, -0.1) is 0 Å². The normalized spacial score (nSPS) is 14.4. The molecule has 7 rings (SSSR count). The summed E-state index contributed by atoms with van der Waals surface area (Å²) in [7, 11) is 2.02. The summed E-state index contributed by atoms with van der Waals surface area (Å²) in [6.45, 7) is 7.35. The van der Waals surface area contributed by atoms with Gasteiger partial charge in [-0.3, -0.25) is 9.48 Å². The van der Waals surface area contributed by atoms with Gasteiger partial charge in [-0.05, 0) is 42.3 Å². The first-order valence-electron chi connectivity index (χ1n) is 12.8. The summed E-state index contributed by atoms with van der Waals surface area (Å²) in [5.41, 5.74) is 6.94. The molecule has 1 saturated heterocycles. The van der Waals surface area contributed by atoms with Gasteiger partial charge < -0.3 is 19.5 Å². The molecule has 1 aromatic carbocycles. The second kappa shape index (κ2) is 8.80. The predicted octanol–water partition coefficient (Wildman–Crippen LogP) is 4.49. The van der Waals surface area contributed by atoms with Crippen LogP contribution in [0.5, 0.6) is 11.6 Å². The van der Waals surface area contributed by atoms with Crippen molar-refractivity contribution in [1.29, 1.82) is 0 Å². The highest BCUT2D eigenvalue weighted by Gasteiger charge is 2.32. The van der Waals surface area contributed by atoms with Gasteiger partial charge in [-0.1, -0.05) is 18.7 Å². The molecule has 2 aliphatic heterocycles. The van der Waals surface area contributed by atoms with E-state index >= 15 is 0 Å². The number of fused-ring (bicyclic) bond motifs is 2. The number of pyridine rings is 1. The van der Waals surface area contributed by atoms with Crippen molar-refractivity contribution in [3.05, 3.63) is 79.0 Å². The van der Waals surface area contributed by atoms with Gasteiger partial charge in [0.05, 0.1) is 23.3 Å². The number of carbonyl (C=O) groups excluding carboxylic acids is 1. The van der Waals surface area contributed by atoms with Gasteiger partial charge in [0, 0.05) is 55.8 Å². The average Bonchev–Trinajstić information content (AvgIpc) is 3.44. The van der Waals surface area contributed by atoms with Crippen LogP contribution in [0.1, 0.15) is 17.3 Å². The Labute approximate surface area is 224 Å². The molecule has 0 unspecified atom stereocenters. The van der Waals surface area contributed by atoms with Crippen LogP contribution >= 0.6 is 0 Å². The molecular formula is C29H26N8O2. The zero-order valence-corrected chi connectivity index (χ0v) is 21.6. The molecule has 0 bridgehead atoms. The van der Waals surface area contributed by atoms with Crippen LogP contribution < -0.4 is 10.1 Å². The number of benzene rings is 1. The summed E-state index contributed by atoms with van der Waals surface area (Å²) in [6.07, 6.45) is 6.88. The molecule has 5 aromatic rings. The molecule has 10 heteroatoms. The van der Waals surface area contributed by atoms with Gasteiger partial charge in [-0.2, -0.15) is 5.10 Å². The number of anilines is 1. The molecule has 0 spiro atoms. The number of aromatic nitrogens is 6. The molecule has 0 radical (unpaired) electrons. The fraction of sp³-hybridized carbons (Fsp3) is 0.207. The highest BCUT2D eigenvalue weighted by Crippen LogP contribution is 2.46. The van der Waals surface area contributed by atoms with Crippen molar-refractivity contribution >= 4 is 22.8 Å². The van der Waals surface area contributed by atoms with Gasteiger partial charge >= 0.3 is 0 Å². The zero-order valence-electron chi connectivity index (χ0n) is 21.6. The van der Waals surface area contributed by atoms with Crippen molar-refractivity contribution in [2.45, 2.75) is 19.5 Å². The Hall–Kier alpha value is -4.99. The van der Waals surface area contributed by atoms with Crippen molar-refractivity contribution in [3.8, 4) is 34.0 Å². The second-order valence-electron chi connectivity index (χ2n) is 9.91. The van der Waals surface area contributed by atoms with E-state index in [1.165, 1.54) is 6.08 Å². The van der Waals surface area contributed by atoms with Crippen molar-refractivity contribution < 1.29 is 9.53 Å². The number of nitrogens with zero attached hydrogens (tertiary/aromatic N) is 7. The van der Waals surface area contributed by atoms with Gasteiger partial charge in [0.15, 0.2) is 0 Å². The molecule has 1 fully saturated rings. The lowest BCUT2D eigenvalue weighted by molar-refractivity contribution is -0.131. The molecule has 6 heterocycles. The third kappa shape index (κ3) is 3.75. The van der Waals surface area contributed by atoms with E-state index in [0.717, 1.165) is 56.2 Å². The van der Waals surface area contributed by atoms with Crippen LogP contribution in [-0.4, -0.2) is 53.2 Å². The van der Waals surface area contributed by atoms with Gasteiger partial charge in [0.2, 0.25) is 11.8 Å².